The highest BCUT2D eigenvalue weighted by Crippen LogP contribution is 2.16. The van der Waals surface area contributed by atoms with Crippen LogP contribution in [0.4, 0.5) is 4.79 Å². The quantitative estimate of drug-likeness (QED) is 0.647. The van der Waals surface area contributed by atoms with Crippen LogP contribution in [0.1, 0.15) is 65.9 Å². The first-order valence-corrected chi connectivity index (χ1v) is 9.00. The van der Waals surface area contributed by atoms with Crippen molar-refractivity contribution in [3.63, 3.8) is 0 Å². The van der Waals surface area contributed by atoms with Gasteiger partial charge < -0.3 is 15.4 Å². The third-order valence-electron chi connectivity index (χ3n) is 3.82. The molecule has 0 saturated carbocycles. The zero-order valence-corrected chi connectivity index (χ0v) is 15.9. The van der Waals surface area contributed by atoms with Crippen molar-refractivity contribution in [2.24, 2.45) is 0 Å². The summed E-state index contributed by atoms with van der Waals surface area (Å²) in [4.78, 5) is 12.2. The first kappa shape index (κ1) is 20.5. The highest BCUT2D eigenvalue weighted by Gasteiger charge is 2.28. The molecular formula is C20H34N2O2. The summed E-state index contributed by atoms with van der Waals surface area (Å²) in [7, 11) is 0. The van der Waals surface area contributed by atoms with Crippen molar-refractivity contribution in [3.8, 4) is 0 Å². The molecule has 0 aliphatic carbocycles. The SMILES string of the molecule is CCCCC[C@](C)(CNCc1ccccc1)NC(=O)OC(C)(C)C. The number of benzene rings is 1. The second-order valence-corrected chi connectivity index (χ2v) is 7.73. The monoisotopic (exact) mass is 334 g/mol. The predicted molar refractivity (Wildman–Crippen MR) is 100 cm³/mol. The molecule has 0 aromatic heterocycles. The normalized spacial score (nSPS) is 14.0. The molecule has 1 aromatic rings. The van der Waals surface area contributed by atoms with Gasteiger partial charge in [-0.3, -0.25) is 0 Å². The molecule has 0 aliphatic heterocycles. The zero-order valence-electron chi connectivity index (χ0n) is 15.9. The van der Waals surface area contributed by atoms with Crippen LogP contribution < -0.4 is 10.6 Å². The summed E-state index contributed by atoms with van der Waals surface area (Å²) < 4.78 is 5.43. The highest BCUT2D eigenvalue weighted by atomic mass is 16.6. The molecule has 0 spiro atoms. The van der Waals surface area contributed by atoms with Gasteiger partial charge in [-0.05, 0) is 39.7 Å². The van der Waals surface area contributed by atoms with Gasteiger partial charge in [0.25, 0.3) is 0 Å². The lowest BCUT2D eigenvalue weighted by atomic mass is 9.94. The molecule has 0 unspecified atom stereocenters. The molecule has 1 atom stereocenters. The Morgan fingerprint density at radius 2 is 1.75 bits per heavy atom. The second kappa shape index (κ2) is 9.67. The first-order chi connectivity index (χ1) is 11.2. The van der Waals surface area contributed by atoms with Crippen LogP contribution in [-0.2, 0) is 11.3 Å². The number of hydrogen-bond acceptors (Lipinski definition) is 3. The van der Waals surface area contributed by atoms with Gasteiger partial charge in [0.05, 0.1) is 5.54 Å². The number of unbranched alkanes of at least 4 members (excludes halogenated alkanes) is 2. The molecule has 1 rings (SSSR count). The van der Waals surface area contributed by atoms with Gasteiger partial charge >= 0.3 is 6.09 Å². The molecule has 0 radical (unpaired) electrons. The summed E-state index contributed by atoms with van der Waals surface area (Å²) in [5.74, 6) is 0. The molecule has 0 heterocycles. The van der Waals surface area contributed by atoms with E-state index in [0.717, 1.165) is 19.4 Å². The fourth-order valence-electron chi connectivity index (χ4n) is 2.59. The van der Waals surface area contributed by atoms with E-state index in [0.29, 0.717) is 6.54 Å². The molecule has 136 valence electrons. The van der Waals surface area contributed by atoms with E-state index in [1.165, 1.54) is 18.4 Å². The first-order valence-electron chi connectivity index (χ1n) is 9.00. The van der Waals surface area contributed by atoms with Gasteiger partial charge in [-0.15, -0.1) is 0 Å². The van der Waals surface area contributed by atoms with Crippen molar-refractivity contribution < 1.29 is 9.53 Å². The van der Waals surface area contributed by atoms with Crippen LogP contribution in [0, 0.1) is 0 Å². The van der Waals surface area contributed by atoms with Gasteiger partial charge in [0.2, 0.25) is 0 Å². The van der Waals surface area contributed by atoms with Crippen LogP contribution in [0.15, 0.2) is 30.3 Å². The van der Waals surface area contributed by atoms with Crippen LogP contribution >= 0.6 is 0 Å². The number of alkyl carbamates (subject to hydrolysis) is 1. The summed E-state index contributed by atoms with van der Waals surface area (Å²) in [6, 6.07) is 10.3. The number of nitrogens with one attached hydrogen (secondary N) is 2. The van der Waals surface area contributed by atoms with E-state index in [1.54, 1.807) is 0 Å². The van der Waals surface area contributed by atoms with E-state index in [2.05, 4.69) is 36.6 Å². The Hall–Kier alpha value is -1.55. The van der Waals surface area contributed by atoms with E-state index in [9.17, 15) is 4.79 Å². The maximum Gasteiger partial charge on any atom is 0.408 e. The molecule has 0 saturated heterocycles. The number of carbonyl (C=O) groups is 1. The summed E-state index contributed by atoms with van der Waals surface area (Å²) in [5, 5.41) is 6.54. The van der Waals surface area contributed by atoms with E-state index >= 15 is 0 Å². The Morgan fingerprint density at radius 3 is 2.33 bits per heavy atom. The summed E-state index contributed by atoms with van der Waals surface area (Å²) >= 11 is 0. The molecule has 0 fully saturated rings. The van der Waals surface area contributed by atoms with Crippen molar-refractivity contribution >= 4 is 6.09 Å². The van der Waals surface area contributed by atoms with Crippen LogP contribution in [0.2, 0.25) is 0 Å². The Labute approximate surface area is 147 Å². The average molecular weight is 335 g/mol. The van der Waals surface area contributed by atoms with E-state index in [4.69, 9.17) is 4.74 Å². The fraction of sp³-hybridized carbons (Fsp3) is 0.650. The number of amides is 1. The molecule has 4 heteroatoms. The van der Waals surface area contributed by atoms with Crippen molar-refractivity contribution in [3.05, 3.63) is 35.9 Å². The minimum atomic E-state index is -0.480. The van der Waals surface area contributed by atoms with E-state index < -0.39 is 5.60 Å². The summed E-state index contributed by atoms with van der Waals surface area (Å²) in [6.07, 6.45) is 4.02. The number of hydrogen-bond donors (Lipinski definition) is 2. The molecule has 2 N–H and O–H groups in total. The lowest BCUT2D eigenvalue weighted by Crippen LogP contribution is -2.53. The van der Waals surface area contributed by atoms with Gasteiger partial charge in [-0.25, -0.2) is 4.79 Å². The van der Waals surface area contributed by atoms with Gasteiger partial charge in [0.15, 0.2) is 0 Å². The largest absolute Gasteiger partial charge is 0.444 e. The number of carbonyl (C=O) groups excluding carboxylic acids is 1. The lowest BCUT2D eigenvalue weighted by Gasteiger charge is -2.32. The van der Waals surface area contributed by atoms with Crippen molar-refractivity contribution in [2.75, 3.05) is 6.54 Å². The smallest absolute Gasteiger partial charge is 0.408 e. The van der Waals surface area contributed by atoms with Crippen LogP contribution in [0.5, 0.6) is 0 Å². The Morgan fingerprint density at radius 1 is 1.08 bits per heavy atom. The number of ether oxygens (including phenoxy) is 1. The van der Waals surface area contributed by atoms with Crippen molar-refractivity contribution in [2.45, 2.75) is 78.0 Å². The molecule has 24 heavy (non-hydrogen) atoms. The predicted octanol–water partition coefficient (Wildman–Crippen LogP) is 4.64. The average Bonchev–Trinajstić information content (AvgIpc) is 2.46. The maximum atomic E-state index is 12.2. The molecule has 0 bridgehead atoms. The minimum Gasteiger partial charge on any atom is -0.444 e. The Balaban J connectivity index is 2.58. The minimum absolute atomic E-state index is 0.313. The molecule has 1 amide bonds. The Bertz CT molecular complexity index is 482. The van der Waals surface area contributed by atoms with Crippen molar-refractivity contribution in [1.82, 2.24) is 10.6 Å². The van der Waals surface area contributed by atoms with Crippen molar-refractivity contribution in [1.29, 1.82) is 0 Å². The lowest BCUT2D eigenvalue weighted by molar-refractivity contribution is 0.0456. The summed E-state index contributed by atoms with van der Waals surface area (Å²) in [6.45, 7) is 11.4. The Kier molecular flexibility index (Phi) is 8.26. The zero-order chi connectivity index (χ0) is 18.1. The third kappa shape index (κ3) is 8.92. The maximum absolute atomic E-state index is 12.2. The third-order valence-corrected chi connectivity index (χ3v) is 3.82. The van der Waals surface area contributed by atoms with E-state index in [-0.39, 0.29) is 11.6 Å². The van der Waals surface area contributed by atoms with Crippen LogP contribution in [-0.4, -0.2) is 23.8 Å². The van der Waals surface area contributed by atoms with E-state index in [1.807, 2.05) is 39.0 Å². The molecule has 1 aromatic carbocycles. The van der Waals surface area contributed by atoms with Gasteiger partial charge in [-0.1, -0.05) is 56.5 Å². The topological polar surface area (TPSA) is 50.4 Å². The standard InChI is InChI=1S/C20H34N2O2/c1-6-7-11-14-20(5,22-18(23)24-19(2,3)4)16-21-15-17-12-9-8-10-13-17/h8-10,12-13,21H,6-7,11,14-16H2,1-5H3,(H,22,23)/t20-/m1/s1. The van der Waals surface area contributed by atoms with Crippen LogP contribution in [0.3, 0.4) is 0 Å². The van der Waals surface area contributed by atoms with Gasteiger partial charge in [0, 0.05) is 13.1 Å². The summed E-state index contributed by atoms with van der Waals surface area (Å²) in [5.41, 5.74) is 0.448. The van der Waals surface area contributed by atoms with Crippen LogP contribution in [0.25, 0.3) is 0 Å². The fourth-order valence-corrected chi connectivity index (χ4v) is 2.59. The number of rotatable bonds is 9. The molecule has 4 nitrogen and oxygen atoms in total. The van der Waals surface area contributed by atoms with Gasteiger partial charge in [-0.2, -0.15) is 0 Å². The van der Waals surface area contributed by atoms with Gasteiger partial charge in [0.1, 0.15) is 5.60 Å². The molecular weight excluding hydrogens is 300 g/mol. The second-order valence-electron chi connectivity index (χ2n) is 7.73. The molecule has 0 aliphatic rings. The highest BCUT2D eigenvalue weighted by molar-refractivity contribution is 5.68.